The molecule has 2 aromatic carbocycles. The molecule has 2 aromatic rings. The Balaban J connectivity index is 0. The Bertz CT molecular complexity index is 766. The van der Waals surface area contributed by atoms with Gasteiger partial charge in [-0.1, -0.05) is 92.5 Å². The summed E-state index contributed by atoms with van der Waals surface area (Å²) in [6.45, 7) is 9.12. The van der Waals surface area contributed by atoms with Gasteiger partial charge in [-0.25, -0.2) is 11.6 Å². The molecule has 0 radical (unpaired) electrons. The van der Waals surface area contributed by atoms with Crippen molar-refractivity contribution in [3.8, 4) is 0 Å². The van der Waals surface area contributed by atoms with E-state index in [0.29, 0.717) is 0 Å². The molecular formula is C31H47Cl2PTi. The third-order valence-electron chi connectivity index (χ3n) is 6.51. The van der Waals surface area contributed by atoms with Gasteiger partial charge in [-0.2, -0.15) is 12.1 Å². The van der Waals surface area contributed by atoms with Crippen LogP contribution in [0.5, 0.6) is 0 Å². The Hall–Kier alpha value is 0.0343. The van der Waals surface area contributed by atoms with Crippen LogP contribution in [0.15, 0.2) is 54.1 Å². The number of unbranched alkanes of at least 4 members (excludes halogenated alkanes) is 6. The summed E-state index contributed by atoms with van der Waals surface area (Å²) < 4.78 is 0. The second-order valence-electron chi connectivity index (χ2n) is 9.38. The van der Waals surface area contributed by atoms with Crippen LogP contribution in [0.25, 0.3) is 10.8 Å². The Morgan fingerprint density at radius 1 is 0.886 bits per heavy atom. The zero-order chi connectivity index (χ0) is 23.0. The van der Waals surface area contributed by atoms with Crippen molar-refractivity contribution in [1.29, 1.82) is 0 Å². The molecule has 3 rings (SSSR count). The van der Waals surface area contributed by atoms with E-state index in [4.69, 9.17) is 0 Å². The molecule has 1 unspecified atom stereocenters. The standard InChI is InChI=1S/C21H32P.C10H15.2ClH.Ti/c1-3-5-7-11-15-22(16-12-8-6-4-2)21-17-19-13-9-10-14-20(19)18-21;1-3-6-9(2)10-7-4-5-8-10;;;/h9-10,13-14,17-18H,3-8,11-12,15-16H2,1-2H3;4,7,9H,3,5-6H2,1-2H3;2*1H;/q2*-1;;;+4/p-2. The molecule has 0 bridgehead atoms. The Morgan fingerprint density at radius 3 is 2.03 bits per heavy atom. The third-order valence-corrected chi connectivity index (χ3v) is 9.21. The van der Waals surface area contributed by atoms with Gasteiger partial charge in [-0.15, -0.1) is 46.8 Å². The van der Waals surface area contributed by atoms with Gasteiger partial charge in [0.1, 0.15) is 0 Å². The van der Waals surface area contributed by atoms with Crippen molar-refractivity contribution in [3.63, 3.8) is 0 Å². The fourth-order valence-corrected chi connectivity index (χ4v) is 7.09. The van der Waals surface area contributed by atoms with Gasteiger partial charge in [0.15, 0.2) is 0 Å². The van der Waals surface area contributed by atoms with Crippen molar-refractivity contribution in [2.45, 2.75) is 98.3 Å². The fraction of sp³-hybridized carbons (Fsp3) is 0.581. The average molecular weight is 569 g/mol. The molecule has 0 spiro atoms. The van der Waals surface area contributed by atoms with Gasteiger partial charge < -0.3 is 24.8 Å². The summed E-state index contributed by atoms with van der Waals surface area (Å²) in [6, 6.07) is 13.8. The van der Waals surface area contributed by atoms with Crippen LogP contribution in [0.3, 0.4) is 0 Å². The third kappa shape index (κ3) is 14.5. The summed E-state index contributed by atoms with van der Waals surface area (Å²) in [5.41, 5.74) is 1.42. The van der Waals surface area contributed by atoms with E-state index in [9.17, 15) is 0 Å². The largest absolute Gasteiger partial charge is 4.00 e. The number of benzene rings is 1. The minimum atomic E-state index is 0. The van der Waals surface area contributed by atoms with Crippen molar-refractivity contribution in [2.24, 2.45) is 5.92 Å². The smallest absolute Gasteiger partial charge is 1.00 e. The summed E-state index contributed by atoms with van der Waals surface area (Å²) in [6.07, 6.45) is 25.4. The Kier molecular flexibility index (Phi) is 24.6. The van der Waals surface area contributed by atoms with Crippen LogP contribution in [0.4, 0.5) is 0 Å². The molecule has 1 atom stereocenters. The molecule has 4 heteroatoms. The van der Waals surface area contributed by atoms with Gasteiger partial charge in [0.25, 0.3) is 0 Å². The van der Waals surface area contributed by atoms with Crippen LogP contribution < -0.4 is 30.1 Å². The first-order valence-electron chi connectivity index (χ1n) is 13.4. The maximum atomic E-state index is 3.35. The first-order valence-corrected chi connectivity index (χ1v) is 15.1. The van der Waals surface area contributed by atoms with Gasteiger partial charge in [-0.05, 0) is 31.6 Å². The van der Waals surface area contributed by atoms with Crippen LogP contribution in [0, 0.1) is 12.0 Å². The fourth-order valence-electron chi connectivity index (χ4n) is 4.49. The molecule has 0 fully saturated rings. The molecule has 0 amide bonds. The van der Waals surface area contributed by atoms with Gasteiger partial charge in [0.05, 0.1) is 0 Å². The number of fused-ring (bicyclic) bond motifs is 1. The predicted molar refractivity (Wildman–Crippen MR) is 149 cm³/mol. The molecule has 35 heavy (non-hydrogen) atoms. The topological polar surface area (TPSA) is 0 Å². The van der Waals surface area contributed by atoms with E-state index in [1.165, 1.54) is 92.9 Å². The van der Waals surface area contributed by atoms with Crippen molar-refractivity contribution in [1.82, 2.24) is 0 Å². The molecule has 0 aromatic heterocycles. The SMILES string of the molecule is CCCC(C)C1=[C-]CC=C1.CCCCCCP(CCCCCC)c1cc2ccccc2[cH-]1.[Cl-].[Cl-].[Ti+4]. The summed E-state index contributed by atoms with van der Waals surface area (Å²) in [5, 5.41) is 4.53. The monoisotopic (exact) mass is 568 g/mol. The van der Waals surface area contributed by atoms with Crippen molar-refractivity contribution in [2.75, 3.05) is 12.3 Å². The van der Waals surface area contributed by atoms with E-state index < -0.39 is 0 Å². The van der Waals surface area contributed by atoms with E-state index in [1.807, 2.05) is 0 Å². The summed E-state index contributed by atoms with van der Waals surface area (Å²) in [5.74, 6) is 0.726. The van der Waals surface area contributed by atoms with Gasteiger partial charge in [0.2, 0.25) is 0 Å². The van der Waals surface area contributed by atoms with Gasteiger partial charge in [-0.3, -0.25) is 6.08 Å². The zero-order valence-electron chi connectivity index (χ0n) is 22.6. The quantitative estimate of drug-likeness (QED) is 0.140. The number of halogens is 2. The number of rotatable bonds is 14. The average Bonchev–Trinajstić information content (AvgIpc) is 3.49. The van der Waals surface area contributed by atoms with Crippen LogP contribution in [0.2, 0.25) is 0 Å². The van der Waals surface area contributed by atoms with Crippen molar-refractivity contribution >= 4 is 24.0 Å². The second-order valence-corrected chi connectivity index (χ2v) is 11.9. The maximum Gasteiger partial charge on any atom is 4.00 e. The number of allylic oxidation sites excluding steroid dienone is 4. The summed E-state index contributed by atoms with van der Waals surface area (Å²) in [4.78, 5) is 0. The van der Waals surface area contributed by atoms with Crippen molar-refractivity contribution < 1.29 is 46.5 Å². The second kappa shape index (κ2) is 23.2. The van der Waals surface area contributed by atoms with Crippen LogP contribution >= 0.6 is 7.92 Å². The minimum absolute atomic E-state index is 0. The molecule has 1 aliphatic carbocycles. The van der Waals surface area contributed by atoms with E-state index in [1.54, 1.807) is 5.30 Å². The maximum absolute atomic E-state index is 3.35. The molecule has 1 aliphatic rings. The first-order chi connectivity index (χ1) is 15.7. The van der Waals surface area contributed by atoms with E-state index >= 15 is 0 Å². The first kappa shape index (κ1) is 37.2. The number of hydrogen-bond donors (Lipinski definition) is 0. The molecule has 0 N–H and O–H groups in total. The molecule has 0 nitrogen and oxygen atoms in total. The van der Waals surface area contributed by atoms with Crippen molar-refractivity contribution in [3.05, 3.63) is 60.2 Å². The Labute approximate surface area is 246 Å². The minimum Gasteiger partial charge on any atom is -1.00 e. The Morgan fingerprint density at radius 2 is 1.51 bits per heavy atom. The van der Waals surface area contributed by atoms with Crippen LogP contribution in [-0.2, 0) is 21.7 Å². The molecule has 0 saturated heterocycles. The summed E-state index contributed by atoms with van der Waals surface area (Å²) in [7, 11) is 0.0642. The van der Waals surface area contributed by atoms with Gasteiger partial charge >= 0.3 is 21.7 Å². The van der Waals surface area contributed by atoms with E-state index in [0.717, 1.165) is 12.3 Å². The predicted octanol–water partition coefficient (Wildman–Crippen LogP) is 3.94. The van der Waals surface area contributed by atoms with E-state index in [2.05, 4.69) is 82.3 Å². The zero-order valence-corrected chi connectivity index (χ0v) is 26.6. The normalized spacial score (nSPS) is 12.8. The van der Waals surface area contributed by atoms with Crippen LogP contribution in [-0.4, -0.2) is 12.3 Å². The molecule has 194 valence electrons. The molecule has 0 heterocycles. The molecule has 0 aliphatic heterocycles. The molecule has 0 saturated carbocycles. The number of hydrogen-bond acceptors (Lipinski definition) is 0. The van der Waals surface area contributed by atoms with Gasteiger partial charge in [0, 0.05) is 0 Å². The molecular weight excluding hydrogens is 522 g/mol. The van der Waals surface area contributed by atoms with E-state index in [-0.39, 0.29) is 54.5 Å². The summed E-state index contributed by atoms with van der Waals surface area (Å²) >= 11 is 0. The van der Waals surface area contributed by atoms with Crippen LogP contribution in [0.1, 0.15) is 98.3 Å².